The summed E-state index contributed by atoms with van der Waals surface area (Å²) in [4.78, 5) is 7.22. The molecule has 1 aromatic heterocycles. The number of aromatic nitrogens is 1. The van der Waals surface area contributed by atoms with E-state index in [1.807, 2.05) is 0 Å². The van der Waals surface area contributed by atoms with Gasteiger partial charge in [0.05, 0.1) is 23.6 Å². The zero-order valence-electron chi connectivity index (χ0n) is 15.1. The van der Waals surface area contributed by atoms with Crippen LogP contribution in [0.15, 0.2) is 12.1 Å². The fourth-order valence-electron chi connectivity index (χ4n) is 4.93. The minimum absolute atomic E-state index is 0.0777. The summed E-state index contributed by atoms with van der Waals surface area (Å²) >= 11 is 0. The first-order valence-corrected chi connectivity index (χ1v) is 9.32. The van der Waals surface area contributed by atoms with E-state index in [-0.39, 0.29) is 23.3 Å². The number of fused-ring (bicyclic) bond motifs is 2. The minimum atomic E-state index is 0.0777. The number of morpholine rings is 1. The molecule has 2 saturated carbocycles. The van der Waals surface area contributed by atoms with E-state index in [0.717, 1.165) is 43.9 Å². The second-order valence-corrected chi connectivity index (χ2v) is 8.41. The van der Waals surface area contributed by atoms with Gasteiger partial charge in [-0.1, -0.05) is 0 Å². The van der Waals surface area contributed by atoms with Crippen LogP contribution in [0, 0.1) is 6.92 Å². The summed E-state index contributed by atoms with van der Waals surface area (Å²) in [5.74, 6) is 1.06. The maximum absolute atomic E-state index is 6.45. The first-order chi connectivity index (χ1) is 11.4. The standard InChI is InChI=1S/C19H30N4O/c1-13-10-23(11-14(2)24-13)17-5-4-16(15(3)21-17)22-19-8-6-18(20,12-19)7-9-19/h4-5,13-14,22H,6-12,20H2,1-3H3/t13-,14+,18?,19?. The number of hydrogen-bond donors (Lipinski definition) is 2. The van der Waals surface area contributed by atoms with Gasteiger partial charge in [-0.2, -0.15) is 0 Å². The molecule has 2 aliphatic carbocycles. The molecule has 3 aliphatic rings. The fourth-order valence-corrected chi connectivity index (χ4v) is 4.93. The maximum Gasteiger partial charge on any atom is 0.129 e. The lowest BCUT2D eigenvalue weighted by atomic mass is 9.91. The molecule has 1 saturated heterocycles. The van der Waals surface area contributed by atoms with Crippen molar-refractivity contribution in [2.45, 2.75) is 76.2 Å². The Morgan fingerprint density at radius 2 is 1.83 bits per heavy atom. The average Bonchev–Trinajstić information content (AvgIpc) is 3.02. The van der Waals surface area contributed by atoms with Gasteiger partial charge in [-0.25, -0.2) is 4.98 Å². The van der Waals surface area contributed by atoms with Gasteiger partial charge in [-0.15, -0.1) is 0 Å². The van der Waals surface area contributed by atoms with Crippen LogP contribution in [-0.2, 0) is 4.74 Å². The van der Waals surface area contributed by atoms with Crippen LogP contribution >= 0.6 is 0 Å². The molecule has 3 fully saturated rings. The molecule has 132 valence electrons. The Labute approximate surface area is 145 Å². The molecule has 0 aromatic carbocycles. The lowest BCUT2D eigenvalue weighted by Gasteiger charge is -2.36. The van der Waals surface area contributed by atoms with Gasteiger partial charge in [-0.05, 0) is 65.0 Å². The van der Waals surface area contributed by atoms with Crippen molar-refractivity contribution in [3.63, 3.8) is 0 Å². The molecule has 0 amide bonds. The molecule has 5 nitrogen and oxygen atoms in total. The first-order valence-electron chi connectivity index (χ1n) is 9.32. The van der Waals surface area contributed by atoms with E-state index in [1.54, 1.807) is 0 Å². The third-order valence-electron chi connectivity index (χ3n) is 6.11. The molecular weight excluding hydrogens is 300 g/mol. The van der Waals surface area contributed by atoms with Crippen molar-refractivity contribution in [3.8, 4) is 0 Å². The van der Waals surface area contributed by atoms with Crippen LogP contribution in [0.25, 0.3) is 0 Å². The highest BCUT2D eigenvalue weighted by molar-refractivity contribution is 5.56. The number of nitrogens with two attached hydrogens (primary N) is 1. The molecule has 1 aliphatic heterocycles. The number of nitrogens with one attached hydrogen (secondary N) is 1. The Hall–Kier alpha value is -1.33. The van der Waals surface area contributed by atoms with E-state index in [9.17, 15) is 0 Å². The second kappa shape index (κ2) is 5.60. The quantitative estimate of drug-likeness (QED) is 0.892. The largest absolute Gasteiger partial charge is 0.378 e. The summed E-state index contributed by atoms with van der Waals surface area (Å²) in [6.45, 7) is 8.18. The molecule has 2 bridgehead atoms. The van der Waals surface area contributed by atoms with Gasteiger partial charge in [0.25, 0.3) is 0 Å². The van der Waals surface area contributed by atoms with Gasteiger partial charge < -0.3 is 20.7 Å². The third kappa shape index (κ3) is 2.88. The van der Waals surface area contributed by atoms with Crippen molar-refractivity contribution in [2.75, 3.05) is 23.3 Å². The Morgan fingerprint density at radius 1 is 1.17 bits per heavy atom. The predicted molar refractivity (Wildman–Crippen MR) is 97.6 cm³/mol. The van der Waals surface area contributed by atoms with Crippen molar-refractivity contribution < 1.29 is 4.74 Å². The summed E-state index contributed by atoms with van der Waals surface area (Å²) in [5.41, 5.74) is 8.97. The first kappa shape index (κ1) is 16.2. The zero-order valence-corrected chi connectivity index (χ0v) is 15.1. The van der Waals surface area contributed by atoms with Crippen LogP contribution in [-0.4, -0.2) is 41.4 Å². The smallest absolute Gasteiger partial charge is 0.129 e. The molecule has 2 atom stereocenters. The highest BCUT2D eigenvalue weighted by atomic mass is 16.5. The SMILES string of the molecule is Cc1nc(N2C[C@@H](C)O[C@@H](C)C2)ccc1NC12CCC(N)(CC1)C2. The predicted octanol–water partition coefficient (Wildman–Crippen LogP) is 2.83. The highest BCUT2D eigenvalue weighted by Crippen LogP contribution is 2.50. The molecule has 1 aromatic rings. The van der Waals surface area contributed by atoms with Crippen LogP contribution in [0.1, 0.15) is 51.6 Å². The van der Waals surface area contributed by atoms with Gasteiger partial charge in [0, 0.05) is 24.2 Å². The van der Waals surface area contributed by atoms with Gasteiger partial charge in [-0.3, -0.25) is 0 Å². The zero-order chi connectivity index (χ0) is 16.9. The van der Waals surface area contributed by atoms with Crippen molar-refractivity contribution in [1.82, 2.24) is 4.98 Å². The normalized spacial score (nSPS) is 38.6. The van der Waals surface area contributed by atoms with Crippen LogP contribution in [0.5, 0.6) is 0 Å². The third-order valence-corrected chi connectivity index (χ3v) is 6.11. The summed E-state index contributed by atoms with van der Waals surface area (Å²) in [6, 6.07) is 4.35. The molecule has 3 N–H and O–H groups in total. The van der Waals surface area contributed by atoms with Gasteiger partial charge in [0.2, 0.25) is 0 Å². The molecule has 0 spiro atoms. The van der Waals surface area contributed by atoms with Crippen molar-refractivity contribution in [2.24, 2.45) is 5.73 Å². The number of aryl methyl sites for hydroxylation is 1. The summed E-state index contributed by atoms with van der Waals surface area (Å²) < 4.78 is 5.83. The Bertz CT molecular complexity index is 614. The Kier molecular flexibility index (Phi) is 3.77. The van der Waals surface area contributed by atoms with Crippen LogP contribution in [0.4, 0.5) is 11.5 Å². The van der Waals surface area contributed by atoms with E-state index < -0.39 is 0 Å². The molecular formula is C19H30N4O. The number of hydrogen-bond acceptors (Lipinski definition) is 5. The summed E-state index contributed by atoms with van der Waals surface area (Å²) in [5, 5.41) is 3.80. The van der Waals surface area contributed by atoms with Crippen LogP contribution < -0.4 is 16.0 Å². The minimum Gasteiger partial charge on any atom is -0.378 e. The van der Waals surface area contributed by atoms with Crippen molar-refractivity contribution in [3.05, 3.63) is 17.8 Å². The van der Waals surface area contributed by atoms with E-state index in [1.165, 1.54) is 18.5 Å². The molecule has 4 rings (SSSR count). The molecule has 2 heterocycles. The van der Waals surface area contributed by atoms with E-state index in [0.29, 0.717) is 0 Å². The molecule has 24 heavy (non-hydrogen) atoms. The molecule has 0 radical (unpaired) electrons. The number of rotatable bonds is 3. The monoisotopic (exact) mass is 330 g/mol. The highest BCUT2D eigenvalue weighted by Gasteiger charge is 2.52. The molecule has 0 unspecified atom stereocenters. The lowest BCUT2D eigenvalue weighted by molar-refractivity contribution is -0.00546. The Balaban J connectivity index is 1.51. The van der Waals surface area contributed by atoms with Gasteiger partial charge in [0.15, 0.2) is 0 Å². The van der Waals surface area contributed by atoms with Gasteiger partial charge >= 0.3 is 0 Å². The Morgan fingerprint density at radius 3 is 2.38 bits per heavy atom. The number of anilines is 2. The van der Waals surface area contributed by atoms with Crippen LogP contribution in [0.2, 0.25) is 0 Å². The number of nitrogens with zero attached hydrogens (tertiary/aromatic N) is 2. The van der Waals surface area contributed by atoms with Crippen LogP contribution in [0.3, 0.4) is 0 Å². The van der Waals surface area contributed by atoms with E-state index in [4.69, 9.17) is 15.5 Å². The van der Waals surface area contributed by atoms with E-state index in [2.05, 4.69) is 43.1 Å². The van der Waals surface area contributed by atoms with Gasteiger partial charge in [0.1, 0.15) is 5.82 Å². The topological polar surface area (TPSA) is 63.4 Å². The average molecular weight is 330 g/mol. The summed E-state index contributed by atoms with van der Waals surface area (Å²) in [6.07, 6.45) is 6.26. The fraction of sp³-hybridized carbons (Fsp3) is 0.737. The molecule has 5 heteroatoms. The number of ether oxygens (including phenoxy) is 1. The summed E-state index contributed by atoms with van der Waals surface area (Å²) in [7, 11) is 0. The second-order valence-electron chi connectivity index (χ2n) is 8.41. The van der Waals surface area contributed by atoms with Crippen molar-refractivity contribution >= 4 is 11.5 Å². The number of pyridine rings is 1. The maximum atomic E-state index is 6.45. The lowest BCUT2D eigenvalue weighted by Crippen LogP contribution is -2.45. The van der Waals surface area contributed by atoms with Crippen molar-refractivity contribution in [1.29, 1.82) is 0 Å². The van der Waals surface area contributed by atoms with E-state index >= 15 is 0 Å².